The van der Waals surface area contributed by atoms with E-state index in [2.05, 4.69) is 56.5 Å². The maximum atomic E-state index is 11.7. The Balaban J connectivity index is 0.000000617. The van der Waals surface area contributed by atoms with Gasteiger partial charge in [-0.1, -0.05) is 39.3 Å². The summed E-state index contributed by atoms with van der Waals surface area (Å²) in [6, 6.07) is 0. The maximum Gasteiger partial charge on any atom is 0.522 e. The lowest BCUT2D eigenvalue weighted by atomic mass is 10.0. The molecular weight excluding hydrogens is 744 g/mol. The zero-order valence-electron chi connectivity index (χ0n) is 28.1. The number of hydrogen-bond donors (Lipinski definition) is 2. The Morgan fingerprint density at radius 1 is 0.979 bits per heavy atom. The highest BCUT2D eigenvalue weighted by atomic mass is 35.5. The molecule has 2 aromatic rings. The number of rotatable bonds is 5. The number of anilines is 2. The molecule has 0 amide bonds. The molecule has 6 unspecified atom stereocenters. The normalized spacial score (nSPS) is 23.6. The molecule has 6 atom stereocenters. The Hall–Kier alpha value is -1.87. The third kappa shape index (κ3) is 17.7. The Morgan fingerprint density at radius 2 is 1.48 bits per heavy atom. The molecule has 0 bridgehead atoms. The predicted molar refractivity (Wildman–Crippen MR) is 182 cm³/mol. The molecule has 0 aromatic carbocycles. The first-order chi connectivity index (χ1) is 22.0. The molecule has 2 fully saturated rings. The SMILES string of the molecule is CCC1OC(Cl)CC1C.CCC1OC(n2cnc(N)nc2=O)CC1C.C[Si](C)(C)OS(=O)(=O)C(F)(F)F.Cc1ncnc(N)n1.ClCCl. The van der Waals surface area contributed by atoms with Crippen molar-refractivity contribution >= 4 is 65.1 Å². The van der Waals surface area contributed by atoms with Crippen LogP contribution < -0.4 is 17.2 Å². The molecule has 0 spiro atoms. The number of alkyl halides is 6. The highest BCUT2D eigenvalue weighted by Crippen LogP contribution is 2.33. The van der Waals surface area contributed by atoms with Crippen molar-refractivity contribution in [2.24, 2.45) is 11.8 Å². The van der Waals surface area contributed by atoms with Gasteiger partial charge in [0.15, 0.2) is 0 Å². The molecule has 2 aliphatic heterocycles. The highest BCUT2D eigenvalue weighted by Gasteiger charge is 2.49. The number of aromatic nitrogens is 6. The lowest BCUT2D eigenvalue weighted by molar-refractivity contribution is -0.0503. The average Bonchev–Trinajstić information content (AvgIpc) is 3.47. The van der Waals surface area contributed by atoms with Gasteiger partial charge in [-0.05, 0) is 64.1 Å². The molecule has 0 aliphatic carbocycles. The van der Waals surface area contributed by atoms with Gasteiger partial charge >= 0.3 is 21.3 Å². The topological polar surface area (TPSA) is 200 Å². The number of hydrogen-bond acceptors (Lipinski definition) is 13. The number of nitrogen functional groups attached to an aromatic ring is 2. The Bertz CT molecular complexity index is 1380. The second kappa shape index (κ2) is 21.4. The van der Waals surface area contributed by atoms with Gasteiger partial charge in [-0.3, -0.25) is 4.57 Å². The third-order valence-corrected chi connectivity index (χ3v) is 9.99. The van der Waals surface area contributed by atoms with E-state index in [0.29, 0.717) is 23.8 Å². The van der Waals surface area contributed by atoms with Gasteiger partial charge in [0.05, 0.1) is 17.5 Å². The number of halogens is 6. The smallest absolute Gasteiger partial charge is 0.368 e. The first kappa shape index (κ1) is 46.1. The van der Waals surface area contributed by atoms with Crippen molar-refractivity contribution in [3.05, 3.63) is 29.0 Å². The van der Waals surface area contributed by atoms with Crippen molar-refractivity contribution in [1.29, 1.82) is 0 Å². The monoisotopic (exact) mass is 788 g/mol. The van der Waals surface area contributed by atoms with E-state index < -0.39 is 29.6 Å². The van der Waals surface area contributed by atoms with E-state index in [-0.39, 0.29) is 35.1 Å². The lowest BCUT2D eigenvalue weighted by Gasteiger charge is -2.17. The van der Waals surface area contributed by atoms with E-state index in [0.717, 1.165) is 25.7 Å². The van der Waals surface area contributed by atoms with Crippen LogP contribution in [-0.2, 0) is 23.5 Å². The van der Waals surface area contributed by atoms with Crippen LogP contribution in [0.2, 0.25) is 19.6 Å². The van der Waals surface area contributed by atoms with Crippen molar-refractivity contribution in [3.8, 4) is 0 Å². The summed E-state index contributed by atoms with van der Waals surface area (Å²) in [5, 5.41) is 0.194. The van der Waals surface area contributed by atoms with Crippen LogP contribution in [0.15, 0.2) is 17.4 Å². The summed E-state index contributed by atoms with van der Waals surface area (Å²) in [4.78, 5) is 30.0. The van der Waals surface area contributed by atoms with Crippen molar-refractivity contribution < 1.29 is 34.9 Å². The standard InChI is InChI=1S/C10H16N4O2.C7H13ClO.C4H9F3O3SSi.C4H6N4.CH2Cl2/c1-3-7-6(2)4-8(16-7)14-5-12-9(11)13-10(14)15;1-3-6-5(2)4-7(8)9-6;1-12(2,3)10-11(8,9)4(5,6)7;1-3-6-2-7-4(5)8-3;2-1-3/h5-8H,3-4H2,1-2H3,(H2,11,13,15);5-7H,3-4H2,1-2H3;1-3H3;2H,1H3,(H2,5,6,7,8);1H2. The molecule has 4 rings (SSSR count). The summed E-state index contributed by atoms with van der Waals surface area (Å²) < 4.78 is 72.3. The van der Waals surface area contributed by atoms with Gasteiger partial charge in [0.1, 0.15) is 30.3 Å². The van der Waals surface area contributed by atoms with Crippen molar-refractivity contribution in [3.63, 3.8) is 0 Å². The minimum atomic E-state index is -5.39. The second-order valence-corrected chi connectivity index (χ2v) is 19.0. The largest absolute Gasteiger partial charge is 0.522 e. The van der Waals surface area contributed by atoms with Crippen LogP contribution in [0.3, 0.4) is 0 Å². The van der Waals surface area contributed by atoms with Crippen LogP contribution in [-0.4, -0.2) is 74.8 Å². The number of nitrogens with zero attached hydrogens (tertiary/aromatic N) is 6. The van der Waals surface area contributed by atoms with Crippen molar-refractivity contribution in [1.82, 2.24) is 29.5 Å². The molecule has 0 radical (unpaired) electrons. The molecule has 22 heteroatoms. The second-order valence-electron chi connectivity index (χ2n) is 11.4. The van der Waals surface area contributed by atoms with Crippen LogP contribution in [0.5, 0.6) is 0 Å². The molecule has 2 saturated heterocycles. The van der Waals surface area contributed by atoms with E-state index >= 15 is 0 Å². The van der Waals surface area contributed by atoms with E-state index in [4.69, 9.17) is 55.7 Å². The summed E-state index contributed by atoms with van der Waals surface area (Å²) in [6.45, 7) is 14.4. The predicted octanol–water partition coefficient (Wildman–Crippen LogP) is 5.81. The van der Waals surface area contributed by atoms with Gasteiger partial charge in [-0.15, -0.1) is 23.2 Å². The molecule has 2 aromatic heterocycles. The molecule has 278 valence electrons. The summed E-state index contributed by atoms with van der Waals surface area (Å²) in [5.41, 5.74) is 4.79. The van der Waals surface area contributed by atoms with Crippen molar-refractivity contribution in [2.75, 3.05) is 16.8 Å². The van der Waals surface area contributed by atoms with E-state index in [1.54, 1.807) is 6.92 Å². The summed E-state index contributed by atoms with van der Waals surface area (Å²) in [5.74, 6) is 2.02. The van der Waals surface area contributed by atoms with E-state index in [9.17, 15) is 26.4 Å². The molecule has 14 nitrogen and oxygen atoms in total. The Labute approximate surface area is 295 Å². The zero-order chi connectivity index (χ0) is 37.5. The maximum absolute atomic E-state index is 11.7. The van der Waals surface area contributed by atoms with Gasteiger partial charge in [-0.2, -0.15) is 31.6 Å². The molecule has 48 heavy (non-hydrogen) atoms. The first-order valence-corrected chi connectivity index (χ1v) is 21.0. The van der Waals surface area contributed by atoms with E-state index in [1.807, 2.05) is 0 Å². The van der Waals surface area contributed by atoms with E-state index in [1.165, 1.54) is 36.9 Å². The quantitative estimate of drug-likeness (QED) is 0.209. The third-order valence-electron chi connectivity index (χ3n) is 6.27. The minimum Gasteiger partial charge on any atom is -0.368 e. The highest BCUT2D eigenvalue weighted by molar-refractivity contribution is 7.88. The fourth-order valence-electron chi connectivity index (χ4n) is 4.19. The molecule has 2 aliphatic rings. The van der Waals surface area contributed by atoms with Crippen LogP contribution in [0.1, 0.15) is 65.4 Å². The van der Waals surface area contributed by atoms with Gasteiger partial charge in [0.2, 0.25) is 20.2 Å². The lowest BCUT2D eigenvalue weighted by Crippen LogP contribution is -2.36. The fourth-order valence-corrected chi connectivity index (χ4v) is 7.61. The van der Waals surface area contributed by atoms with Crippen LogP contribution >= 0.6 is 34.8 Å². The first-order valence-electron chi connectivity index (χ1n) is 14.7. The summed E-state index contributed by atoms with van der Waals surface area (Å²) in [6.07, 6.45) is 7.01. The Morgan fingerprint density at radius 3 is 1.79 bits per heavy atom. The van der Waals surface area contributed by atoms with Crippen LogP contribution in [0.25, 0.3) is 0 Å². The minimum absolute atomic E-state index is 0.000614. The van der Waals surface area contributed by atoms with Crippen molar-refractivity contribution in [2.45, 2.75) is 109 Å². The number of ether oxygens (including phenoxy) is 2. The van der Waals surface area contributed by atoms with Gasteiger partial charge in [0, 0.05) is 0 Å². The number of aryl methyl sites for hydroxylation is 1. The van der Waals surface area contributed by atoms with Crippen LogP contribution in [0, 0.1) is 18.8 Å². The molecule has 0 saturated carbocycles. The Kier molecular flexibility index (Phi) is 20.5. The van der Waals surface area contributed by atoms with Gasteiger partial charge in [0.25, 0.3) is 0 Å². The van der Waals surface area contributed by atoms with Crippen LogP contribution in [0.4, 0.5) is 25.1 Å². The van der Waals surface area contributed by atoms with Gasteiger partial charge < -0.3 is 24.8 Å². The zero-order valence-corrected chi connectivity index (χ0v) is 32.2. The summed E-state index contributed by atoms with van der Waals surface area (Å²) >= 11 is 15.3. The molecular formula is C26H46Cl3F3N8O6SSi. The van der Waals surface area contributed by atoms with Gasteiger partial charge in [-0.25, -0.2) is 19.7 Å². The molecule has 4 N–H and O–H groups in total. The molecule has 4 heterocycles. The number of nitrogens with two attached hydrogens (primary N) is 2. The fraction of sp³-hybridized carbons (Fsp3) is 0.769. The average molecular weight is 790 g/mol. The summed E-state index contributed by atoms with van der Waals surface area (Å²) in [7, 11) is -8.10.